The van der Waals surface area contributed by atoms with Gasteiger partial charge in [0.05, 0.1) is 6.17 Å². The van der Waals surface area contributed by atoms with E-state index in [1.807, 2.05) is 0 Å². The molecule has 0 aromatic carbocycles. The first kappa shape index (κ1) is 9.92. The summed E-state index contributed by atoms with van der Waals surface area (Å²) in [5, 5.41) is 7.60. The zero-order chi connectivity index (χ0) is 7.82. The van der Waals surface area contributed by atoms with Crippen molar-refractivity contribution < 1.29 is 0 Å². The third kappa shape index (κ3) is 6.05. The number of nitrogens with one attached hydrogen (secondary N) is 1. The molecule has 1 radical (unpaired) electrons. The predicted molar refractivity (Wildman–Crippen MR) is 45.0 cm³/mol. The summed E-state index contributed by atoms with van der Waals surface area (Å²) in [7, 11) is 0. The van der Waals surface area contributed by atoms with Crippen LogP contribution >= 0.6 is 0 Å². The fourth-order valence-corrected chi connectivity index (χ4v) is 0.826. The molecule has 0 aromatic heterocycles. The molecule has 0 aromatic rings. The molecule has 0 saturated heterocycles. The van der Waals surface area contributed by atoms with Gasteiger partial charge in [-0.3, -0.25) is 0 Å². The van der Waals surface area contributed by atoms with Gasteiger partial charge in [-0.1, -0.05) is 20.3 Å². The van der Waals surface area contributed by atoms with Gasteiger partial charge in [0.2, 0.25) is 0 Å². The summed E-state index contributed by atoms with van der Waals surface area (Å²) in [6, 6.07) is 0. The van der Waals surface area contributed by atoms with Crippen LogP contribution in [0.2, 0.25) is 0 Å². The molecule has 0 aliphatic carbocycles. The molecular weight excluding hydrogens is 124 g/mol. The van der Waals surface area contributed by atoms with Gasteiger partial charge >= 0.3 is 0 Å². The molecule has 0 aliphatic rings. The van der Waals surface area contributed by atoms with Crippen LogP contribution in [-0.2, 0) is 0 Å². The summed E-state index contributed by atoms with van der Waals surface area (Å²) in [5.74, 6) is 0. The average Bonchev–Trinajstić information content (AvgIpc) is 1.89. The van der Waals surface area contributed by atoms with Crippen LogP contribution in [0.1, 0.15) is 33.6 Å². The highest BCUT2D eigenvalue weighted by Gasteiger charge is 1.96. The second kappa shape index (κ2) is 7.03. The Morgan fingerprint density at radius 3 is 2.60 bits per heavy atom. The van der Waals surface area contributed by atoms with Gasteiger partial charge in [0.1, 0.15) is 0 Å². The SMILES string of the molecule is CCCCNC(C)[N]CC. The summed E-state index contributed by atoms with van der Waals surface area (Å²) in [6.45, 7) is 8.38. The Labute approximate surface area is 64.4 Å². The Kier molecular flexibility index (Phi) is 6.98. The fourth-order valence-electron chi connectivity index (χ4n) is 0.826. The maximum atomic E-state index is 4.29. The first-order chi connectivity index (χ1) is 4.81. The maximum Gasteiger partial charge on any atom is 0.0707 e. The van der Waals surface area contributed by atoms with Gasteiger partial charge in [-0.25, -0.2) is 5.32 Å². The first-order valence-electron chi connectivity index (χ1n) is 4.21. The van der Waals surface area contributed by atoms with Crippen LogP contribution in [0.25, 0.3) is 0 Å². The Morgan fingerprint density at radius 1 is 1.40 bits per heavy atom. The van der Waals surface area contributed by atoms with Gasteiger partial charge in [-0.2, -0.15) is 0 Å². The van der Waals surface area contributed by atoms with Crippen molar-refractivity contribution in [1.82, 2.24) is 10.6 Å². The van der Waals surface area contributed by atoms with Crippen molar-refractivity contribution in [1.29, 1.82) is 0 Å². The van der Waals surface area contributed by atoms with E-state index in [9.17, 15) is 0 Å². The summed E-state index contributed by atoms with van der Waals surface area (Å²) < 4.78 is 0. The molecule has 0 amide bonds. The van der Waals surface area contributed by atoms with Crippen LogP contribution in [0.5, 0.6) is 0 Å². The van der Waals surface area contributed by atoms with Crippen LogP contribution in [0.3, 0.4) is 0 Å². The summed E-state index contributed by atoms with van der Waals surface area (Å²) in [6.07, 6.45) is 2.85. The van der Waals surface area contributed by atoms with Crippen LogP contribution < -0.4 is 10.6 Å². The van der Waals surface area contributed by atoms with E-state index in [0.29, 0.717) is 6.17 Å². The van der Waals surface area contributed by atoms with E-state index in [1.54, 1.807) is 0 Å². The standard InChI is InChI=1S/C8H19N2/c1-4-6-7-10-8(3)9-5-2/h8,10H,4-7H2,1-3H3. The Bertz CT molecular complexity index is 64.3. The molecule has 61 valence electrons. The maximum absolute atomic E-state index is 4.29. The van der Waals surface area contributed by atoms with Crippen LogP contribution in [-0.4, -0.2) is 19.3 Å². The molecule has 0 spiro atoms. The van der Waals surface area contributed by atoms with Crippen molar-refractivity contribution in [2.75, 3.05) is 13.1 Å². The van der Waals surface area contributed by atoms with E-state index in [4.69, 9.17) is 0 Å². The quantitative estimate of drug-likeness (QED) is 0.558. The first-order valence-corrected chi connectivity index (χ1v) is 4.21. The minimum absolute atomic E-state index is 0.344. The Balaban J connectivity index is 2.97. The lowest BCUT2D eigenvalue weighted by atomic mass is 10.3. The van der Waals surface area contributed by atoms with E-state index < -0.39 is 0 Å². The predicted octanol–water partition coefficient (Wildman–Crippen LogP) is 1.35. The van der Waals surface area contributed by atoms with Gasteiger partial charge in [0.15, 0.2) is 0 Å². The minimum Gasteiger partial charge on any atom is -0.301 e. The molecule has 1 atom stereocenters. The van der Waals surface area contributed by atoms with E-state index in [2.05, 4.69) is 31.4 Å². The number of hydrogen-bond acceptors (Lipinski definition) is 1. The molecule has 0 heterocycles. The lowest BCUT2D eigenvalue weighted by molar-refractivity contribution is 0.451. The van der Waals surface area contributed by atoms with E-state index in [0.717, 1.165) is 13.1 Å². The Morgan fingerprint density at radius 2 is 2.10 bits per heavy atom. The second-order valence-corrected chi connectivity index (χ2v) is 2.48. The monoisotopic (exact) mass is 143 g/mol. The number of hydrogen-bond donors (Lipinski definition) is 1. The van der Waals surface area contributed by atoms with Crippen molar-refractivity contribution in [3.63, 3.8) is 0 Å². The highest BCUT2D eigenvalue weighted by atomic mass is 15.1. The van der Waals surface area contributed by atoms with Crippen molar-refractivity contribution in [3.05, 3.63) is 0 Å². The molecule has 0 fully saturated rings. The normalized spacial score (nSPS) is 13.5. The lowest BCUT2D eigenvalue weighted by Gasteiger charge is -2.11. The van der Waals surface area contributed by atoms with E-state index in [-0.39, 0.29) is 0 Å². The third-order valence-electron chi connectivity index (χ3n) is 1.43. The third-order valence-corrected chi connectivity index (χ3v) is 1.43. The smallest absolute Gasteiger partial charge is 0.0707 e. The van der Waals surface area contributed by atoms with E-state index in [1.165, 1.54) is 12.8 Å². The summed E-state index contributed by atoms with van der Waals surface area (Å²) >= 11 is 0. The zero-order valence-corrected chi connectivity index (χ0v) is 7.35. The molecule has 10 heavy (non-hydrogen) atoms. The van der Waals surface area contributed by atoms with E-state index >= 15 is 0 Å². The number of rotatable bonds is 6. The molecule has 0 aliphatic heterocycles. The minimum atomic E-state index is 0.344. The summed E-state index contributed by atoms with van der Waals surface area (Å²) in [4.78, 5) is 0. The summed E-state index contributed by atoms with van der Waals surface area (Å²) in [5.41, 5.74) is 0. The molecule has 1 N–H and O–H groups in total. The molecule has 0 saturated carbocycles. The van der Waals surface area contributed by atoms with Gasteiger partial charge < -0.3 is 5.32 Å². The van der Waals surface area contributed by atoms with Gasteiger partial charge in [-0.15, -0.1) is 0 Å². The van der Waals surface area contributed by atoms with Crippen LogP contribution in [0.4, 0.5) is 0 Å². The van der Waals surface area contributed by atoms with Crippen molar-refractivity contribution in [2.24, 2.45) is 0 Å². The molecule has 2 heteroatoms. The fraction of sp³-hybridized carbons (Fsp3) is 1.00. The highest BCUT2D eigenvalue weighted by Crippen LogP contribution is 1.84. The lowest BCUT2D eigenvalue weighted by Crippen LogP contribution is -2.35. The van der Waals surface area contributed by atoms with Crippen LogP contribution in [0, 0.1) is 0 Å². The molecule has 2 nitrogen and oxygen atoms in total. The average molecular weight is 143 g/mol. The van der Waals surface area contributed by atoms with Crippen molar-refractivity contribution in [2.45, 2.75) is 39.8 Å². The zero-order valence-electron chi connectivity index (χ0n) is 7.35. The molecule has 0 rings (SSSR count). The Hall–Kier alpha value is -0.0800. The van der Waals surface area contributed by atoms with Gasteiger partial charge in [0.25, 0.3) is 0 Å². The highest BCUT2D eigenvalue weighted by molar-refractivity contribution is 4.54. The molecule has 1 unspecified atom stereocenters. The van der Waals surface area contributed by atoms with Crippen molar-refractivity contribution >= 4 is 0 Å². The number of unbranched alkanes of at least 4 members (excludes halogenated alkanes) is 1. The number of nitrogens with zero attached hydrogens (tertiary/aromatic N) is 1. The topological polar surface area (TPSA) is 26.1 Å². The molecular formula is C8H19N2. The second-order valence-electron chi connectivity index (χ2n) is 2.48. The van der Waals surface area contributed by atoms with Crippen LogP contribution in [0.15, 0.2) is 0 Å². The van der Waals surface area contributed by atoms with Gasteiger partial charge in [0, 0.05) is 6.54 Å². The van der Waals surface area contributed by atoms with Gasteiger partial charge in [-0.05, 0) is 19.9 Å². The largest absolute Gasteiger partial charge is 0.301 e. The van der Waals surface area contributed by atoms with Crippen molar-refractivity contribution in [3.8, 4) is 0 Å². The molecule has 0 bridgehead atoms.